The highest BCUT2D eigenvalue weighted by atomic mass is 35.5. The van der Waals surface area contributed by atoms with Crippen molar-refractivity contribution in [2.75, 3.05) is 6.54 Å². The lowest BCUT2D eigenvalue weighted by Crippen LogP contribution is -2.39. The van der Waals surface area contributed by atoms with Crippen LogP contribution in [0.4, 0.5) is 4.79 Å². The summed E-state index contributed by atoms with van der Waals surface area (Å²) in [6.07, 6.45) is -0.0995. The topological polar surface area (TPSA) is 69.6 Å². The molecular formula is C26H27ClN2O3. The van der Waals surface area contributed by atoms with Gasteiger partial charge in [-0.05, 0) is 53.8 Å². The number of carbonyl (C=O) groups is 2. The smallest absolute Gasteiger partial charge is 0.317 e. The minimum absolute atomic E-state index is 0.0995. The fraction of sp³-hybridized carbons (Fsp3) is 0.231. The molecule has 0 saturated carbocycles. The van der Waals surface area contributed by atoms with Crippen LogP contribution < -0.4 is 5.32 Å². The second-order valence-corrected chi connectivity index (χ2v) is 8.17. The van der Waals surface area contributed by atoms with Crippen molar-refractivity contribution in [1.82, 2.24) is 10.2 Å². The van der Waals surface area contributed by atoms with Gasteiger partial charge in [-0.25, -0.2) is 4.79 Å². The summed E-state index contributed by atoms with van der Waals surface area (Å²) < 4.78 is 0. The number of nitrogens with zero attached hydrogens (tertiary/aromatic N) is 1. The number of hydrogen-bond acceptors (Lipinski definition) is 2. The van der Waals surface area contributed by atoms with Crippen molar-refractivity contribution < 1.29 is 14.7 Å². The Morgan fingerprint density at radius 3 is 2.44 bits per heavy atom. The van der Waals surface area contributed by atoms with Crippen LogP contribution in [0.3, 0.4) is 0 Å². The molecule has 0 atom stereocenters. The summed E-state index contributed by atoms with van der Waals surface area (Å²) in [5, 5.41) is 12.6. The number of carboxylic acids is 1. The second kappa shape index (κ2) is 10.8. The van der Waals surface area contributed by atoms with E-state index in [1.54, 1.807) is 11.0 Å². The van der Waals surface area contributed by atoms with E-state index in [9.17, 15) is 9.59 Å². The molecule has 32 heavy (non-hydrogen) atoms. The summed E-state index contributed by atoms with van der Waals surface area (Å²) in [6.45, 7) is 5.39. The van der Waals surface area contributed by atoms with Gasteiger partial charge in [0.05, 0.1) is 6.42 Å². The first kappa shape index (κ1) is 23.4. The fourth-order valence-corrected chi connectivity index (χ4v) is 3.89. The summed E-state index contributed by atoms with van der Waals surface area (Å²) in [5.41, 5.74) is 5.50. The summed E-state index contributed by atoms with van der Waals surface area (Å²) in [7, 11) is 0. The summed E-state index contributed by atoms with van der Waals surface area (Å²) in [4.78, 5) is 25.8. The van der Waals surface area contributed by atoms with Crippen LogP contribution in [-0.2, 0) is 24.3 Å². The van der Waals surface area contributed by atoms with E-state index in [0.29, 0.717) is 30.2 Å². The molecule has 3 aromatic rings. The Kier molecular flexibility index (Phi) is 7.90. The zero-order valence-electron chi connectivity index (χ0n) is 18.3. The van der Waals surface area contributed by atoms with E-state index in [2.05, 4.69) is 11.4 Å². The lowest BCUT2D eigenvalue weighted by molar-refractivity contribution is -0.136. The van der Waals surface area contributed by atoms with Crippen molar-refractivity contribution in [2.24, 2.45) is 0 Å². The Labute approximate surface area is 193 Å². The van der Waals surface area contributed by atoms with Crippen LogP contribution in [0.15, 0.2) is 66.7 Å². The van der Waals surface area contributed by atoms with E-state index < -0.39 is 5.97 Å². The van der Waals surface area contributed by atoms with Gasteiger partial charge in [-0.1, -0.05) is 71.8 Å². The lowest BCUT2D eigenvalue weighted by atomic mass is 9.95. The number of nitrogens with one attached hydrogen (secondary N) is 1. The average Bonchev–Trinajstić information content (AvgIpc) is 2.75. The molecule has 0 heterocycles. The molecule has 0 fully saturated rings. The summed E-state index contributed by atoms with van der Waals surface area (Å²) in [6, 6.07) is 21.0. The first-order valence-electron chi connectivity index (χ1n) is 10.5. The van der Waals surface area contributed by atoms with E-state index >= 15 is 0 Å². The quantitative estimate of drug-likeness (QED) is 0.464. The minimum Gasteiger partial charge on any atom is -0.481 e. The Balaban J connectivity index is 1.85. The minimum atomic E-state index is -0.908. The summed E-state index contributed by atoms with van der Waals surface area (Å²) >= 11 is 6.28. The van der Waals surface area contributed by atoms with E-state index in [0.717, 1.165) is 27.8 Å². The van der Waals surface area contributed by atoms with Crippen molar-refractivity contribution in [3.8, 4) is 11.1 Å². The molecule has 6 heteroatoms. The molecule has 3 aromatic carbocycles. The third kappa shape index (κ3) is 6.34. The Morgan fingerprint density at radius 2 is 1.75 bits per heavy atom. The summed E-state index contributed by atoms with van der Waals surface area (Å²) in [5.74, 6) is -0.908. The van der Waals surface area contributed by atoms with Crippen molar-refractivity contribution in [1.29, 1.82) is 0 Å². The van der Waals surface area contributed by atoms with Crippen LogP contribution in [-0.4, -0.2) is 28.6 Å². The number of rotatable bonds is 8. The van der Waals surface area contributed by atoms with Crippen LogP contribution in [0, 0.1) is 6.92 Å². The Bertz CT molecular complexity index is 1100. The molecule has 3 rings (SSSR count). The van der Waals surface area contributed by atoms with E-state index in [1.807, 2.05) is 68.4 Å². The molecule has 0 bridgehead atoms. The van der Waals surface area contributed by atoms with Crippen molar-refractivity contribution in [2.45, 2.75) is 33.4 Å². The number of carboxylic acid groups (broad SMARTS) is 1. The third-order valence-corrected chi connectivity index (χ3v) is 5.42. The SMILES string of the molecule is CCN(Cc1cc(C)ccc1-c1cc(Cl)cc(CC(=O)O)c1)C(=O)NCc1ccccc1. The monoisotopic (exact) mass is 450 g/mol. The number of aryl methyl sites for hydroxylation is 1. The van der Waals surface area contributed by atoms with Crippen LogP contribution in [0.1, 0.15) is 29.2 Å². The predicted octanol–water partition coefficient (Wildman–Crippen LogP) is 5.67. The fourth-order valence-electron chi connectivity index (χ4n) is 3.64. The van der Waals surface area contributed by atoms with Crippen molar-refractivity contribution in [3.63, 3.8) is 0 Å². The molecule has 0 aromatic heterocycles. The van der Waals surface area contributed by atoms with Crippen LogP contribution in [0.25, 0.3) is 11.1 Å². The van der Waals surface area contributed by atoms with Gasteiger partial charge in [-0.3, -0.25) is 4.79 Å². The zero-order valence-corrected chi connectivity index (χ0v) is 19.0. The van der Waals surface area contributed by atoms with Crippen LogP contribution in [0.5, 0.6) is 0 Å². The van der Waals surface area contributed by atoms with Crippen molar-refractivity contribution >= 4 is 23.6 Å². The van der Waals surface area contributed by atoms with Crippen molar-refractivity contribution in [3.05, 3.63) is 94.0 Å². The number of urea groups is 1. The highest BCUT2D eigenvalue weighted by Gasteiger charge is 2.16. The molecule has 2 N–H and O–H groups in total. The van der Waals surface area contributed by atoms with Gasteiger partial charge in [0.15, 0.2) is 0 Å². The van der Waals surface area contributed by atoms with Gasteiger partial charge in [0.1, 0.15) is 0 Å². The third-order valence-electron chi connectivity index (χ3n) is 5.20. The number of hydrogen-bond donors (Lipinski definition) is 2. The molecule has 5 nitrogen and oxygen atoms in total. The number of amides is 2. The molecule has 0 aliphatic carbocycles. The zero-order chi connectivity index (χ0) is 23.1. The van der Waals surface area contributed by atoms with E-state index in [1.165, 1.54) is 0 Å². The standard InChI is InChI=1S/C26H27ClN2O3/c1-3-29(26(32)28-16-19-7-5-4-6-8-19)17-22-11-18(2)9-10-24(22)21-12-20(14-25(30)31)13-23(27)15-21/h4-13,15H,3,14,16-17H2,1-2H3,(H,28,32)(H,30,31). The van der Waals surface area contributed by atoms with E-state index in [-0.39, 0.29) is 12.5 Å². The molecule has 0 aliphatic heterocycles. The Morgan fingerprint density at radius 1 is 1.00 bits per heavy atom. The Hall–Kier alpha value is -3.31. The largest absolute Gasteiger partial charge is 0.481 e. The maximum absolute atomic E-state index is 12.8. The first-order chi connectivity index (χ1) is 15.4. The van der Waals surface area contributed by atoms with Gasteiger partial charge in [0.25, 0.3) is 0 Å². The maximum Gasteiger partial charge on any atom is 0.317 e. The molecule has 0 aliphatic rings. The predicted molar refractivity (Wildman–Crippen MR) is 128 cm³/mol. The van der Waals surface area contributed by atoms with Crippen LogP contribution >= 0.6 is 11.6 Å². The molecular weight excluding hydrogens is 424 g/mol. The molecule has 2 amide bonds. The molecule has 0 radical (unpaired) electrons. The normalized spacial score (nSPS) is 10.6. The highest BCUT2D eigenvalue weighted by Crippen LogP contribution is 2.30. The molecule has 0 spiro atoms. The van der Waals surface area contributed by atoms with Crippen LogP contribution in [0.2, 0.25) is 5.02 Å². The van der Waals surface area contributed by atoms with Gasteiger partial charge in [0, 0.05) is 24.7 Å². The second-order valence-electron chi connectivity index (χ2n) is 7.74. The number of aliphatic carboxylic acids is 1. The number of carbonyl (C=O) groups excluding carboxylic acids is 1. The van der Waals surface area contributed by atoms with Gasteiger partial charge in [-0.2, -0.15) is 0 Å². The molecule has 0 saturated heterocycles. The highest BCUT2D eigenvalue weighted by molar-refractivity contribution is 6.31. The lowest BCUT2D eigenvalue weighted by Gasteiger charge is -2.23. The average molecular weight is 451 g/mol. The molecule has 0 unspecified atom stereocenters. The van der Waals surface area contributed by atoms with Gasteiger partial charge in [0.2, 0.25) is 0 Å². The van der Waals surface area contributed by atoms with Gasteiger partial charge >= 0.3 is 12.0 Å². The number of benzene rings is 3. The van der Waals surface area contributed by atoms with E-state index in [4.69, 9.17) is 16.7 Å². The van der Waals surface area contributed by atoms with Gasteiger partial charge < -0.3 is 15.3 Å². The first-order valence-corrected chi connectivity index (χ1v) is 10.9. The maximum atomic E-state index is 12.8. The van der Waals surface area contributed by atoms with Gasteiger partial charge in [-0.15, -0.1) is 0 Å². The molecule has 166 valence electrons. The number of halogens is 1.